The lowest BCUT2D eigenvalue weighted by molar-refractivity contribution is -0.137. The fraction of sp³-hybridized carbons (Fsp3) is 0.450. The van der Waals surface area contributed by atoms with Crippen LogP contribution in [0.3, 0.4) is 0 Å². The van der Waals surface area contributed by atoms with Crippen molar-refractivity contribution in [1.82, 2.24) is 10.3 Å². The SMILES string of the molecule is Cc1cc(C)c2nc(C3CC3)cc(C(=O)NC(C)CCC(=O)O)c2c1. The number of aliphatic carboxylic acids is 1. The first-order valence-electron chi connectivity index (χ1n) is 8.79. The fourth-order valence-corrected chi connectivity index (χ4v) is 3.19. The van der Waals surface area contributed by atoms with Gasteiger partial charge in [0.15, 0.2) is 0 Å². The van der Waals surface area contributed by atoms with E-state index < -0.39 is 5.97 Å². The number of nitrogens with one attached hydrogen (secondary N) is 1. The number of hydrogen-bond donors (Lipinski definition) is 2. The number of amides is 1. The van der Waals surface area contributed by atoms with Crippen molar-refractivity contribution in [1.29, 1.82) is 0 Å². The summed E-state index contributed by atoms with van der Waals surface area (Å²) < 4.78 is 0. The molecule has 132 valence electrons. The average Bonchev–Trinajstić information content (AvgIpc) is 3.37. The maximum absolute atomic E-state index is 12.8. The normalized spacial score (nSPS) is 15.2. The number of aromatic nitrogens is 1. The Morgan fingerprint density at radius 1 is 1.28 bits per heavy atom. The summed E-state index contributed by atoms with van der Waals surface area (Å²) in [7, 11) is 0. The maximum Gasteiger partial charge on any atom is 0.303 e. The van der Waals surface area contributed by atoms with Gasteiger partial charge in [-0.3, -0.25) is 14.6 Å². The van der Waals surface area contributed by atoms with E-state index in [1.54, 1.807) is 0 Å². The van der Waals surface area contributed by atoms with Gasteiger partial charge in [0.2, 0.25) is 0 Å². The van der Waals surface area contributed by atoms with E-state index in [1.807, 2.05) is 32.9 Å². The van der Waals surface area contributed by atoms with E-state index in [2.05, 4.69) is 11.4 Å². The minimum atomic E-state index is -0.849. The summed E-state index contributed by atoms with van der Waals surface area (Å²) in [4.78, 5) is 28.4. The van der Waals surface area contributed by atoms with Crippen molar-refractivity contribution in [3.8, 4) is 0 Å². The number of carboxylic acid groups (broad SMARTS) is 1. The summed E-state index contributed by atoms with van der Waals surface area (Å²) in [6, 6.07) is 5.81. The van der Waals surface area contributed by atoms with Gasteiger partial charge in [0.05, 0.1) is 11.1 Å². The Morgan fingerprint density at radius 2 is 2.00 bits per heavy atom. The Kier molecular flexibility index (Phi) is 4.75. The second-order valence-electron chi connectivity index (χ2n) is 7.15. The first-order chi connectivity index (χ1) is 11.8. The number of aryl methyl sites for hydroxylation is 2. The minimum absolute atomic E-state index is 0.0457. The van der Waals surface area contributed by atoms with Gasteiger partial charge in [0.1, 0.15) is 0 Å². The molecule has 1 aliphatic carbocycles. The Labute approximate surface area is 147 Å². The van der Waals surface area contributed by atoms with Gasteiger partial charge in [-0.25, -0.2) is 0 Å². The van der Waals surface area contributed by atoms with Crippen molar-refractivity contribution in [2.45, 2.75) is 58.4 Å². The fourth-order valence-electron chi connectivity index (χ4n) is 3.19. The molecule has 1 heterocycles. The molecule has 5 nitrogen and oxygen atoms in total. The van der Waals surface area contributed by atoms with Gasteiger partial charge >= 0.3 is 5.97 Å². The number of nitrogens with zero attached hydrogens (tertiary/aromatic N) is 1. The lowest BCUT2D eigenvalue weighted by Gasteiger charge is -2.16. The third-order valence-corrected chi connectivity index (χ3v) is 4.68. The number of pyridine rings is 1. The molecule has 2 N–H and O–H groups in total. The zero-order chi connectivity index (χ0) is 18.1. The van der Waals surface area contributed by atoms with E-state index in [1.165, 1.54) is 0 Å². The maximum atomic E-state index is 12.8. The van der Waals surface area contributed by atoms with Crippen molar-refractivity contribution in [3.05, 3.63) is 40.6 Å². The zero-order valence-corrected chi connectivity index (χ0v) is 14.9. The summed E-state index contributed by atoms with van der Waals surface area (Å²) in [5, 5.41) is 12.6. The lowest BCUT2D eigenvalue weighted by Crippen LogP contribution is -2.33. The number of carbonyl (C=O) groups excluding carboxylic acids is 1. The van der Waals surface area contributed by atoms with Crippen LogP contribution in [0, 0.1) is 13.8 Å². The van der Waals surface area contributed by atoms with Crippen molar-refractivity contribution >= 4 is 22.8 Å². The van der Waals surface area contributed by atoms with Crippen LogP contribution in [-0.4, -0.2) is 28.0 Å². The largest absolute Gasteiger partial charge is 0.481 e. The minimum Gasteiger partial charge on any atom is -0.481 e. The molecule has 25 heavy (non-hydrogen) atoms. The molecule has 0 bridgehead atoms. The molecule has 1 aromatic heterocycles. The van der Waals surface area contributed by atoms with Gasteiger partial charge in [0, 0.05) is 29.5 Å². The smallest absolute Gasteiger partial charge is 0.303 e. The van der Waals surface area contributed by atoms with Crippen LogP contribution in [0.1, 0.15) is 65.7 Å². The number of rotatable bonds is 6. The summed E-state index contributed by atoms with van der Waals surface area (Å²) >= 11 is 0. The van der Waals surface area contributed by atoms with Gasteiger partial charge < -0.3 is 10.4 Å². The van der Waals surface area contributed by atoms with Crippen LogP contribution in [0.4, 0.5) is 0 Å². The van der Waals surface area contributed by atoms with Crippen molar-refractivity contribution in [2.24, 2.45) is 0 Å². The first kappa shape index (κ1) is 17.4. The van der Waals surface area contributed by atoms with Crippen LogP contribution in [0.25, 0.3) is 10.9 Å². The highest BCUT2D eigenvalue weighted by molar-refractivity contribution is 6.07. The average molecular weight is 340 g/mol. The third-order valence-electron chi connectivity index (χ3n) is 4.68. The van der Waals surface area contributed by atoms with Crippen LogP contribution in [0.5, 0.6) is 0 Å². The van der Waals surface area contributed by atoms with E-state index >= 15 is 0 Å². The number of hydrogen-bond acceptors (Lipinski definition) is 3. The van der Waals surface area contributed by atoms with Gasteiger partial charge in [-0.1, -0.05) is 11.6 Å². The molecule has 3 rings (SSSR count). The topological polar surface area (TPSA) is 79.3 Å². The first-order valence-corrected chi connectivity index (χ1v) is 8.79. The summed E-state index contributed by atoms with van der Waals surface area (Å²) in [5.41, 5.74) is 4.69. The number of carboxylic acids is 1. The second kappa shape index (κ2) is 6.82. The van der Waals surface area contributed by atoms with Crippen LogP contribution < -0.4 is 5.32 Å². The molecule has 1 saturated carbocycles. The molecule has 1 fully saturated rings. The Morgan fingerprint density at radius 3 is 2.64 bits per heavy atom. The molecule has 1 amide bonds. The van der Waals surface area contributed by atoms with E-state index in [9.17, 15) is 9.59 Å². The lowest BCUT2D eigenvalue weighted by atomic mass is 10.00. The summed E-state index contributed by atoms with van der Waals surface area (Å²) in [5.74, 6) is -0.545. The Bertz CT molecular complexity index is 840. The predicted molar refractivity (Wildman–Crippen MR) is 97.0 cm³/mol. The highest BCUT2D eigenvalue weighted by atomic mass is 16.4. The van der Waals surface area contributed by atoms with E-state index in [4.69, 9.17) is 10.1 Å². The van der Waals surface area contributed by atoms with Gasteiger partial charge in [-0.05, 0) is 57.7 Å². The van der Waals surface area contributed by atoms with Crippen LogP contribution in [0.15, 0.2) is 18.2 Å². The molecule has 1 atom stereocenters. The van der Waals surface area contributed by atoms with Crippen LogP contribution >= 0.6 is 0 Å². The Hall–Kier alpha value is -2.43. The molecule has 1 aliphatic rings. The van der Waals surface area contributed by atoms with Gasteiger partial charge in [-0.15, -0.1) is 0 Å². The second-order valence-corrected chi connectivity index (χ2v) is 7.15. The predicted octanol–water partition coefficient (Wildman–Crippen LogP) is 3.71. The molecule has 0 spiro atoms. The quantitative estimate of drug-likeness (QED) is 0.840. The third kappa shape index (κ3) is 3.98. The van der Waals surface area contributed by atoms with Gasteiger partial charge in [-0.2, -0.15) is 0 Å². The van der Waals surface area contributed by atoms with E-state index in [0.29, 0.717) is 17.9 Å². The summed E-state index contributed by atoms with van der Waals surface area (Å²) in [6.07, 6.45) is 2.71. The summed E-state index contributed by atoms with van der Waals surface area (Å²) in [6.45, 7) is 5.87. The molecule has 1 unspecified atom stereocenters. The molecule has 0 radical (unpaired) electrons. The van der Waals surface area contributed by atoms with Crippen LogP contribution in [-0.2, 0) is 4.79 Å². The van der Waals surface area contributed by atoms with E-state index in [-0.39, 0.29) is 18.4 Å². The molecule has 5 heteroatoms. The molecule has 1 aromatic carbocycles. The van der Waals surface area contributed by atoms with Crippen molar-refractivity contribution in [2.75, 3.05) is 0 Å². The number of carbonyl (C=O) groups is 2. The van der Waals surface area contributed by atoms with E-state index in [0.717, 1.165) is 40.6 Å². The van der Waals surface area contributed by atoms with Crippen LogP contribution in [0.2, 0.25) is 0 Å². The molecular formula is C20H24N2O3. The van der Waals surface area contributed by atoms with Gasteiger partial charge in [0.25, 0.3) is 5.91 Å². The molecular weight excluding hydrogens is 316 g/mol. The molecule has 2 aromatic rings. The van der Waals surface area contributed by atoms with Crippen molar-refractivity contribution in [3.63, 3.8) is 0 Å². The highest BCUT2D eigenvalue weighted by Crippen LogP contribution is 2.40. The molecule has 0 aliphatic heterocycles. The molecule has 0 saturated heterocycles. The zero-order valence-electron chi connectivity index (χ0n) is 14.9. The van der Waals surface area contributed by atoms with Crippen molar-refractivity contribution < 1.29 is 14.7 Å². The standard InChI is InChI=1S/C20H24N2O3/c1-11-8-12(2)19-15(9-11)16(10-17(22-19)14-5-6-14)20(25)21-13(3)4-7-18(23)24/h8-10,13-14H,4-7H2,1-3H3,(H,21,25)(H,23,24). The monoisotopic (exact) mass is 340 g/mol. The number of fused-ring (bicyclic) bond motifs is 1. The highest BCUT2D eigenvalue weighted by Gasteiger charge is 2.27. The number of benzene rings is 1. The Balaban J connectivity index is 1.95.